The van der Waals surface area contributed by atoms with E-state index < -0.39 is 0 Å². The van der Waals surface area contributed by atoms with E-state index in [4.69, 9.17) is 0 Å². The number of likely N-dealkylation sites (tertiary alicyclic amines) is 1. The molecule has 0 aromatic rings. The number of hydrogen-bond acceptors (Lipinski definition) is 1. The van der Waals surface area contributed by atoms with Gasteiger partial charge in [-0.1, -0.05) is 0 Å². The second-order valence-electron chi connectivity index (χ2n) is 2.94. The van der Waals surface area contributed by atoms with Gasteiger partial charge in [-0.05, 0) is 45.3 Å². The molecule has 1 aliphatic heterocycles. The van der Waals surface area contributed by atoms with E-state index in [0.29, 0.717) is 0 Å². The van der Waals surface area contributed by atoms with Crippen molar-refractivity contribution in [3.8, 4) is 0 Å². The van der Waals surface area contributed by atoms with Crippen molar-refractivity contribution in [3.63, 3.8) is 0 Å². The third-order valence-corrected chi connectivity index (χ3v) is 2.06. The molecule has 0 amide bonds. The summed E-state index contributed by atoms with van der Waals surface area (Å²) < 4.78 is 11.6. The smallest absolute Gasteiger partial charge is 0.0894 e. The number of halogens is 1. The highest BCUT2D eigenvalue weighted by atomic mass is 19.1. The van der Waals surface area contributed by atoms with Gasteiger partial charge in [-0.15, -0.1) is 0 Å². The maximum Gasteiger partial charge on any atom is 0.0894 e. The predicted molar refractivity (Wildman–Crippen MR) is 40.9 cm³/mol. The second-order valence-corrected chi connectivity index (χ2v) is 2.94. The first kappa shape index (κ1) is 7.99. The minimum atomic E-state index is -0.145. The van der Waals surface area contributed by atoms with Crippen molar-refractivity contribution >= 4 is 0 Å². The highest BCUT2D eigenvalue weighted by Gasteiger charge is 2.09. The fourth-order valence-electron chi connectivity index (χ4n) is 1.44. The molecule has 0 N–H and O–H groups in total. The first-order chi connectivity index (χ1) is 4.93. The number of nitrogens with zero attached hydrogens (tertiary/aromatic N) is 1. The van der Waals surface area contributed by atoms with Crippen LogP contribution < -0.4 is 0 Å². The summed E-state index contributed by atoms with van der Waals surface area (Å²) >= 11 is 0. The Morgan fingerprint density at radius 1 is 1.10 bits per heavy atom. The maximum absolute atomic E-state index is 11.6. The molecule has 1 fully saturated rings. The molecule has 1 saturated heterocycles. The van der Waals surface area contributed by atoms with Crippen LogP contribution in [0, 0.1) is 0 Å². The Balaban J connectivity index is 1.91. The van der Waals surface area contributed by atoms with Crippen molar-refractivity contribution in [2.45, 2.75) is 25.7 Å². The topological polar surface area (TPSA) is 3.24 Å². The number of unbranched alkanes of at least 4 members (excludes halogenated alkanes) is 1. The summed E-state index contributed by atoms with van der Waals surface area (Å²) in [6.45, 7) is 3.45. The van der Waals surface area contributed by atoms with Gasteiger partial charge in [-0.2, -0.15) is 0 Å². The summed E-state index contributed by atoms with van der Waals surface area (Å²) in [4.78, 5) is 2.43. The fourth-order valence-corrected chi connectivity index (χ4v) is 1.44. The average Bonchev–Trinajstić information content (AvgIpc) is 2.41. The molecule has 0 aromatic heterocycles. The van der Waals surface area contributed by atoms with Crippen LogP contribution in [0.2, 0.25) is 0 Å². The lowest BCUT2D eigenvalue weighted by Crippen LogP contribution is -2.20. The summed E-state index contributed by atoms with van der Waals surface area (Å²) in [5.41, 5.74) is 0. The lowest BCUT2D eigenvalue weighted by atomic mass is 10.3. The van der Waals surface area contributed by atoms with Crippen LogP contribution in [0.15, 0.2) is 0 Å². The van der Waals surface area contributed by atoms with Crippen molar-refractivity contribution in [3.05, 3.63) is 0 Å². The van der Waals surface area contributed by atoms with Crippen molar-refractivity contribution in [2.24, 2.45) is 0 Å². The van der Waals surface area contributed by atoms with Crippen molar-refractivity contribution in [1.29, 1.82) is 0 Å². The van der Waals surface area contributed by atoms with Crippen LogP contribution in [-0.2, 0) is 0 Å². The third kappa shape index (κ3) is 2.65. The van der Waals surface area contributed by atoms with E-state index in [1.807, 2.05) is 0 Å². The van der Waals surface area contributed by atoms with Crippen LogP contribution in [-0.4, -0.2) is 31.2 Å². The maximum atomic E-state index is 11.6. The largest absolute Gasteiger partial charge is 0.303 e. The van der Waals surface area contributed by atoms with Gasteiger partial charge in [0.2, 0.25) is 0 Å². The van der Waals surface area contributed by atoms with E-state index in [1.54, 1.807) is 0 Å². The van der Waals surface area contributed by atoms with Gasteiger partial charge in [0.1, 0.15) is 0 Å². The van der Waals surface area contributed by atoms with E-state index in [-0.39, 0.29) is 6.67 Å². The SMILES string of the molecule is FCCCCN1CCCC1. The van der Waals surface area contributed by atoms with Crippen LogP contribution in [0.5, 0.6) is 0 Å². The zero-order valence-corrected chi connectivity index (χ0v) is 6.48. The molecular formula is C8H16FN. The summed E-state index contributed by atoms with van der Waals surface area (Å²) in [6, 6.07) is 0. The first-order valence-corrected chi connectivity index (χ1v) is 4.22. The molecule has 0 radical (unpaired) electrons. The standard InChI is InChI=1S/C8H16FN/c9-5-1-2-6-10-7-3-4-8-10/h1-8H2. The Morgan fingerprint density at radius 2 is 1.80 bits per heavy atom. The van der Waals surface area contributed by atoms with Crippen LogP contribution in [0.25, 0.3) is 0 Å². The average molecular weight is 145 g/mol. The van der Waals surface area contributed by atoms with E-state index >= 15 is 0 Å². The van der Waals surface area contributed by atoms with Gasteiger partial charge >= 0.3 is 0 Å². The Bertz CT molecular complexity index is 79.3. The molecule has 0 aliphatic carbocycles. The molecule has 0 spiro atoms. The predicted octanol–water partition coefficient (Wildman–Crippen LogP) is 1.83. The molecule has 1 heterocycles. The summed E-state index contributed by atoms with van der Waals surface area (Å²) in [5, 5.41) is 0. The highest BCUT2D eigenvalue weighted by molar-refractivity contribution is 4.65. The lowest BCUT2D eigenvalue weighted by molar-refractivity contribution is 0.320. The number of hydrogen-bond donors (Lipinski definition) is 0. The molecule has 0 bridgehead atoms. The summed E-state index contributed by atoms with van der Waals surface area (Å²) in [7, 11) is 0. The summed E-state index contributed by atoms with van der Waals surface area (Å²) in [5.74, 6) is 0. The Kier molecular flexibility index (Phi) is 3.73. The van der Waals surface area contributed by atoms with Gasteiger partial charge in [0, 0.05) is 0 Å². The monoisotopic (exact) mass is 145 g/mol. The van der Waals surface area contributed by atoms with E-state index in [0.717, 1.165) is 19.4 Å². The third-order valence-electron chi connectivity index (χ3n) is 2.06. The highest BCUT2D eigenvalue weighted by Crippen LogP contribution is 2.07. The van der Waals surface area contributed by atoms with Crippen molar-refractivity contribution < 1.29 is 4.39 Å². The van der Waals surface area contributed by atoms with Crippen molar-refractivity contribution in [2.75, 3.05) is 26.3 Å². The number of alkyl halides is 1. The van der Waals surface area contributed by atoms with Crippen LogP contribution in [0.4, 0.5) is 4.39 Å². The van der Waals surface area contributed by atoms with Gasteiger partial charge in [-0.25, -0.2) is 0 Å². The Labute approximate surface area is 62.2 Å². The summed E-state index contributed by atoms with van der Waals surface area (Å²) in [6.07, 6.45) is 4.47. The molecule has 1 nitrogen and oxygen atoms in total. The van der Waals surface area contributed by atoms with E-state index in [1.165, 1.54) is 25.9 Å². The van der Waals surface area contributed by atoms with Gasteiger partial charge in [0.15, 0.2) is 0 Å². The zero-order valence-electron chi connectivity index (χ0n) is 6.48. The van der Waals surface area contributed by atoms with Crippen LogP contribution in [0.3, 0.4) is 0 Å². The van der Waals surface area contributed by atoms with Crippen molar-refractivity contribution in [1.82, 2.24) is 4.90 Å². The molecule has 60 valence electrons. The van der Waals surface area contributed by atoms with Crippen LogP contribution >= 0.6 is 0 Å². The fraction of sp³-hybridized carbons (Fsp3) is 1.00. The van der Waals surface area contributed by atoms with E-state index in [2.05, 4.69) is 4.90 Å². The second kappa shape index (κ2) is 4.67. The molecule has 0 saturated carbocycles. The van der Waals surface area contributed by atoms with Gasteiger partial charge in [0.25, 0.3) is 0 Å². The molecule has 2 heteroatoms. The van der Waals surface area contributed by atoms with Gasteiger partial charge in [0.05, 0.1) is 6.67 Å². The minimum absolute atomic E-state index is 0.145. The molecule has 1 rings (SSSR count). The molecule has 0 aromatic carbocycles. The molecule has 0 atom stereocenters. The molecule has 1 aliphatic rings. The van der Waals surface area contributed by atoms with Gasteiger partial charge in [-0.3, -0.25) is 4.39 Å². The quantitative estimate of drug-likeness (QED) is 0.545. The minimum Gasteiger partial charge on any atom is -0.303 e. The normalized spacial score (nSPS) is 20.1. The van der Waals surface area contributed by atoms with E-state index in [9.17, 15) is 4.39 Å². The number of rotatable bonds is 4. The first-order valence-electron chi connectivity index (χ1n) is 4.22. The molecular weight excluding hydrogens is 129 g/mol. The Morgan fingerprint density at radius 3 is 2.40 bits per heavy atom. The van der Waals surface area contributed by atoms with Gasteiger partial charge < -0.3 is 4.90 Å². The lowest BCUT2D eigenvalue weighted by Gasteiger charge is -2.12. The Hall–Kier alpha value is -0.110. The van der Waals surface area contributed by atoms with Crippen LogP contribution in [0.1, 0.15) is 25.7 Å². The molecule has 0 unspecified atom stereocenters. The molecule has 10 heavy (non-hydrogen) atoms. The zero-order chi connectivity index (χ0) is 7.23.